The summed E-state index contributed by atoms with van der Waals surface area (Å²) in [5.74, 6) is 0. The molecule has 0 aliphatic rings. The lowest BCUT2D eigenvalue weighted by Gasteiger charge is -2.04. The first-order chi connectivity index (χ1) is 6.18. The number of rotatable bonds is 0. The second-order valence-electron chi connectivity index (χ2n) is 3.27. The maximum Gasteiger partial charge on any atom is 0.0846 e. The summed E-state index contributed by atoms with van der Waals surface area (Å²) in [6.07, 6.45) is 1.84. The molecule has 13 heavy (non-hydrogen) atoms. The number of benzene rings is 1. The van der Waals surface area contributed by atoms with E-state index in [1.54, 1.807) is 0 Å². The van der Waals surface area contributed by atoms with Gasteiger partial charge in [-0.2, -0.15) is 0 Å². The first-order valence-electron chi connectivity index (χ1n) is 4.20. The smallest absolute Gasteiger partial charge is 0.0846 e. The van der Waals surface area contributed by atoms with E-state index in [1.807, 2.05) is 12.3 Å². The summed E-state index contributed by atoms with van der Waals surface area (Å²) in [4.78, 5) is 4.34. The third-order valence-electron chi connectivity index (χ3n) is 2.16. The third-order valence-corrected chi connectivity index (χ3v) is 2.77. The van der Waals surface area contributed by atoms with E-state index in [2.05, 4.69) is 46.9 Å². The van der Waals surface area contributed by atoms with Crippen LogP contribution in [0.5, 0.6) is 0 Å². The van der Waals surface area contributed by atoms with Gasteiger partial charge in [0, 0.05) is 16.1 Å². The van der Waals surface area contributed by atoms with Gasteiger partial charge in [0.2, 0.25) is 0 Å². The van der Waals surface area contributed by atoms with Gasteiger partial charge in [-0.3, -0.25) is 4.98 Å². The molecule has 0 spiro atoms. The molecule has 2 heteroatoms. The third kappa shape index (κ3) is 1.46. The first-order valence-corrected chi connectivity index (χ1v) is 4.99. The molecule has 0 atom stereocenters. The normalized spacial score (nSPS) is 10.7. The molecule has 0 aliphatic carbocycles. The summed E-state index contributed by atoms with van der Waals surface area (Å²) in [5.41, 5.74) is 3.58. The second kappa shape index (κ2) is 3.11. The molecule has 1 nitrogen and oxygen atoms in total. The lowest BCUT2D eigenvalue weighted by molar-refractivity contribution is 1.34. The highest BCUT2D eigenvalue weighted by Gasteiger charge is 2.02. The maximum atomic E-state index is 4.34. The van der Waals surface area contributed by atoms with Gasteiger partial charge in [0.05, 0.1) is 5.52 Å². The number of nitrogens with zero attached hydrogens (tertiary/aromatic N) is 1. The van der Waals surface area contributed by atoms with E-state index in [0.717, 1.165) is 9.99 Å². The average Bonchev–Trinajstić information content (AvgIpc) is 2.07. The zero-order valence-corrected chi connectivity index (χ0v) is 9.22. The van der Waals surface area contributed by atoms with Gasteiger partial charge < -0.3 is 0 Å². The Hall–Kier alpha value is -0.890. The van der Waals surface area contributed by atoms with Crippen molar-refractivity contribution in [2.24, 2.45) is 0 Å². The Morgan fingerprint density at radius 1 is 1.23 bits per heavy atom. The Morgan fingerprint density at radius 2 is 2.00 bits per heavy atom. The first kappa shape index (κ1) is 8.70. The Balaban J connectivity index is 2.94. The molecule has 2 aromatic rings. The molecule has 0 saturated heterocycles. The number of halogens is 1. The van der Waals surface area contributed by atoms with Crippen LogP contribution < -0.4 is 0 Å². The molecule has 1 aromatic carbocycles. The molecule has 1 heterocycles. The van der Waals surface area contributed by atoms with Crippen LogP contribution in [0.15, 0.2) is 28.9 Å². The molecular weight excluding hydrogens is 226 g/mol. The van der Waals surface area contributed by atoms with Crippen molar-refractivity contribution < 1.29 is 0 Å². The second-order valence-corrected chi connectivity index (χ2v) is 4.13. The van der Waals surface area contributed by atoms with Gasteiger partial charge in [-0.25, -0.2) is 0 Å². The number of fused-ring (bicyclic) bond motifs is 1. The fourth-order valence-electron chi connectivity index (χ4n) is 1.48. The van der Waals surface area contributed by atoms with Gasteiger partial charge in [0.15, 0.2) is 0 Å². The van der Waals surface area contributed by atoms with Crippen LogP contribution in [0.1, 0.15) is 11.1 Å². The Kier molecular flexibility index (Phi) is 2.08. The largest absolute Gasteiger partial charge is 0.255 e. The Bertz CT molecular complexity index is 463. The van der Waals surface area contributed by atoms with Crippen LogP contribution in [0.3, 0.4) is 0 Å². The zero-order chi connectivity index (χ0) is 9.42. The Labute approximate surface area is 85.9 Å². The highest BCUT2D eigenvalue weighted by molar-refractivity contribution is 9.10. The van der Waals surface area contributed by atoms with Crippen molar-refractivity contribution in [3.63, 3.8) is 0 Å². The van der Waals surface area contributed by atoms with Crippen molar-refractivity contribution in [2.75, 3.05) is 0 Å². The van der Waals surface area contributed by atoms with Crippen molar-refractivity contribution in [1.82, 2.24) is 4.98 Å². The molecule has 0 saturated carbocycles. The van der Waals surface area contributed by atoms with Gasteiger partial charge in [-0.1, -0.05) is 0 Å². The van der Waals surface area contributed by atoms with Gasteiger partial charge in [0.25, 0.3) is 0 Å². The SMILES string of the molecule is Cc1cc(Br)c2nccc(C)c2c1. The minimum absolute atomic E-state index is 1.05. The quantitative estimate of drug-likeness (QED) is 0.680. The molecule has 2 rings (SSSR count). The molecule has 0 bridgehead atoms. The van der Waals surface area contributed by atoms with Crippen LogP contribution in [0, 0.1) is 13.8 Å². The molecular formula is C11H10BrN. The zero-order valence-electron chi connectivity index (χ0n) is 7.63. The van der Waals surface area contributed by atoms with Crippen molar-refractivity contribution in [3.05, 3.63) is 40.0 Å². The highest BCUT2D eigenvalue weighted by Crippen LogP contribution is 2.25. The number of aromatic nitrogens is 1. The van der Waals surface area contributed by atoms with E-state index >= 15 is 0 Å². The van der Waals surface area contributed by atoms with Crippen molar-refractivity contribution >= 4 is 26.8 Å². The van der Waals surface area contributed by atoms with Crippen LogP contribution in [0.2, 0.25) is 0 Å². The van der Waals surface area contributed by atoms with Crippen molar-refractivity contribution in [3.8, 4) is 0 Å². The van der Waals surface area contributed by atoms with Crippen LogP contribution in [0.4, 0.5) is 0 Å². The molecule has 0 unspecified atom stereocenters. The van der Waals surface area contributed by atoms with Crippen molar-refractivity contribution in [2.45, 2.75) is 13.8 Å². The standard InChI is InChI=1S/C11H10BrN/c1-7-5-9-8(2)3-4-13-11(9)10(12)6-7/h3-6H,1-2H3. The summed E-state index contributed by atoms with van der Waals surface area (Å²) in [5, 5.41) is 1.23. The van der Waals surface area contributed by atoms with E-state index < -0.39 is 0 Å². The summed E-state index contributed by atoms with van der Waals surface area (Å²) >= 11 is 3.52. The minimum Gasteiger partial charge on any atom is -0.255 e. The molecule has 0 N–H and O–H groups in total. The van der Waals surface area contributed by atoms with Crippen LogP contribution in [-0.2, 0) is 0 Å². The molecule has 0 radical (unpaired) electrons. The average molecular weight is 236 g/mol. The Morgan fingerprint density at radius 3 is 2.77 bits per heavy atom. The molecule has 0 fully saturated rings. The fourth-order valence-corrected chi connectivity index (χ4v) is 2.16. The summed E-state index contributed by atoms with van der Waals surface area (Å²) < 4.78 is 1.08. The number of hydrogen-bond donors (Lipinski definition) is 0. The van der Waals surface area contributed by atoms with E-state index in [-0.39, 0.29) is 0 Å². The van der Waals surface area contributed by atoms with Gasteiger partial charge in [-0.15, -0.1) is 0 Å². The van der Waals surface area contributed by atoms with Gasteiger partial charge >= 0.3 is 0 Å². The van der Waals surface area contributed by atoms with Crippen LogP contribution >= 0.6 is 15.9 Å². The van der Waals surface area contributed by atoms with Gasteiger partial charge in [-0.05, 0) is 59.1 Å². The van der Waals surface area contributed by atoms with E-state index in [9.17, 15) is 0 Å². The monoisotopic (exact) mass is 235 g/mol. The van der Waals surface area contributed by atoms with E-state index in [4.69, 9.17) is 0 Å². The summed E-state index contributed by atoms with van der Waals surface area (Å²) in [6.45, 7) is 4.20. The molecule has 1 aromatic heterocycles. The number of hydrogen-bond acceptors (Lipinski definition) is 1. The van der Waals surface area contributed by atoms with Crippen LogP contribution in [-0.4, -0.2) is 4.98 Å². The number of pyridine rings is 1. The number of aryl methyl sites for hydroxylation is 2. The van der Waals surface area contributed by atoms with Crippen LogP contribution in [0.25, 0.3) is 10.9 Å². The lowest BCUT2D eigenvalue weighted by Crippen LogP contribution is -1.85. The summed E-state index contributed by atoms with van der Waals surface area (Å²) in [6, 6.07) is 6.30. The maximum absolute atomic E-state index is 4.34. The van der Waals surface area contributed by atoms with Gasteiger partial charge in [0.1, 0.15) is 0 Å². The topological polar surface area (TPSA) is 12.9 Å². The van der Waals surface area contributed by atoms with Crippen molar-refractivity contribution in [1.29, 1.82) is 0 Å². The lowest BCUT2D eigenvalue weighted by atomic mass is 10.1. The predicted molar refractivity (Wildman–Crippen MR) is 58.9 cm³/mol. The van der Waals surface area contributed by atoms with E-state index in [1.165, 1.54) is 16.5 Å². The van der Waals surface area contributed by atoms with E-state index in [0.29, 0.717) is 0 Å². The predicted octanol–water partition coefficient (Wildman–Crippen LogP) is 3.61. The fraction of sp³-hybridized carbons (Fsp3) is 0.182. The molecule has 0 aliphatic heterocycles. The molecule has 0 amide bonds. The highest BCUT2D eigenvalue weighted by atomic mass is 79.9. The minimum atomic E-state index is 1.05. The summed E-state index contributed by atoms with van der Waals surface area (Å²) in [7, 11) is 0. The molecule has 66 valence electrons.